The summed E-state index contributed by atoms with van der Waals surface area (Å²) in [4.78, 5) is 23.8. The van der Waals surface area contributed by atoms with Crippen LogP contribution >= 0.6 is 11.9 Å². The summed E-state index contributed by atoms with van der Waals surface area (Å²) in [6.45, 7) is 4.12. The number of rotatable bonds is 3. The Balaban J connectivity index is 2.22. The summed E-state index contributed by atoms with van der Waals surface area (Å²) in [5.41, 5.74) is 1.03. The van der Waals surface area contributed by atoms with E-state index in [0.29, 0.717) is 17.0 Å². The van der Waals surface area contributed by atoms with Crippen molar-refractivity contribution in [3.05, 3.63) is 35.4 Å². The van der Waals surface area contributed by atoms with Crippen LogP contribution in [0.4, 0.5) is 0 Å². The Morgan fingerprint density at radius 3 is 2.06 bits per heavy atom. The number of hydrogen-bond acceptors (Lipinski definition) is 3. The number of imide groups is 1. The third-order valence-electron chi connectivity index (χ3n) is 2.29. The molecule has 4 heteroatoms. The highest BCUT2D eigenvalue weighted by molar-refractivity contribution is 7.98. The topological polar surface area (TPSA) is 37.4 Å². The van der Waals surface area contributed by atoms with Crippen LogP contribution in [0, 0.1) is 5.92 Å². The minimum atomic E-state index is -0.189. The molecule has 1 aliphatic rings. The monoisotopic (exact) mass is 235 g/mol. The highest BCUT2D eigenvalue weighted by Crippen LogP contribution is 2.28. The van der Waals surface area contributed by atoms with Crippen LogP contribution in [-0.2, 0) is 0 Å². The van der Waals surface area contributed by atoms with Crippen LogP contribution in [-0.4, -0.2) is 21.9 Å². The fourth-order valence-corrected chi connectivity index (χ4v) is 2.39. The normalized spacial score (nSPS) is 14.8. The lowest BCUT2D eigenvalue weighted by Crippen LogP contribution is -2.23. The van der Waals surface area contributed by atoms with E-state index in [-0.39, 0.29) is 11.8 Å². The molecule has 0 fully saturated rings. The van der Waals surface area contributed by atoms with Gasteiger partial charge in [0.15, 0.2) is 0 Å². The average Bonchev–Trinajstić information content (AvgIpc) is 2.50. The number of carbonyl (C=O) groups is 2. The van der Waals surface area contributed by atoms with E-state index in [1.807, 2.05) is 0 Å². The summed E-state index contributed by atoms with van der Waals surface area (Å²) in [5.74, 6) is 0.845. The van der Waals surface area contributed by atoms with E-state index in [4.69, 9.17) is 0 Å². The predicted octanol–water partition coefficient (Wildman–Crippen LogP) is 2.59. The van der Waals surface area contributed by atoms with Crippen LogP contribution in [0.1, 0.15) is 34.6 Å². The summed E-state index contributed by atoms with van der Waals surface area (Å²) >= 11 is 1.30. The Morgan fingerprint density at radius 2 is 1.62 bits per heavy atom. The van der Waals surface area contributed by atoms with E-state index in [1.165, 1.54) is 16.3 Å². The average molecular weight is 235 g/mol. The van der Waals surface area contributed by atoms with Crippen molar-refractivity contribution < 1.29 is 9.59 Å². The van der Waals surface area contributed by atoms with Crippen LogP contribution in [0.5, 0.6) is 0 Å². The van der Waals surface area contributed by atoms with Gasteiger partial charge in [-0.3, -0.25) is 9.59 Å². The number of fused-ring (bicyclic) bond motifs is 1. The fraction of sp³-hybridized carbons (Fsp3) is 0.333. The lowest BCUT2D eigenvalue weighted by atomic mass is 10.1. The molecule has 16 heavy (non-hydrogen) atoms. The largest absolute Gasteiger partial charge is 0.271 e. The van der Waals surface area contributed by atoms with E-state index in [1.54, 1.807) is 24.3 Å². The first-order valence-corrected chi connectivity index (χ1v) is 6.16. The Bertz CT molecular complexity index is 407. The van der Waals surface area contributed by atoms with E-state index in [0.717, 1.165) is 5.75 Å². The molecule has 1 aromatic carbocycles. The van der Waals surface area contributed by atoms with Gasteiger partial charge in [-0.15, -0.1) is 0 Å². The first kappa shape index (κ1) is 11.2. The van der Waals surface area contributed by atoms with Crippen molar-refractivity contribution in [3.63, 3.8) is 0 Å². The number of carbonyl (C=O) groups excluding carboxylic acids is 2. The zero-order chi connectivity index (χ0) is 11.7. The molecule has 0 unspecified atom stereocenters. The second kappa shape index (κ2) is 4.29. The second-order valence-electron chi connectivity index (χ2n) is 4.14. The maximum absolute atomic E-state index is 11.9. The minimum Gasteiger partial charge on any atom is -0.268 e. The number of hydrogen-bond donors (Lipinski definition) is 0. The maximum atomic E-state index is 11.9. The van der Waals surface area contributed by atoms with Gasteiger partial charge in [-0.05, 0) is 30.0 Å². The van der Waals surface area contributed by atoms with Crippen molar-refractivity contribution in [1.82, 2.24) is 4.31 Å². The standard InChI is InChI=1S/C12H13NO2S/c1-8(2)7-16-13-11(14)9-5-3-4-6-10(9)12(13)15/h3-6,8H,7H2,1-2H3. The van der Waals surface area contributed by atoms with E-state index >= 15 is 0 Å². The van der Waals surface area contributed by atoms with Gasteiger partial charge < -0.3 is 0 Å². The molecule has 0 aromatic heterocycles. The summed E-state index contributed by atoms with van der Waals surface area (Å²) in [6.07, 6.45) is 0. The van der Waals surface area contributed by atoms with Crippen molar-refractivity contribution in [2.75, 3.05) is 5.75 Å². The van der Waals surface area contributed by atoms with Gasteiger partial charge in [-0.2, -0.15) is 0 Å². The van der Waals surface area contributed by atoms with Crippen LogP contribution in [0.15, 0.2) is 24.3 Å². The molecule has 3 nitrogen and oxygen atoms in total. The third kappa shape index (κ3) is 1.85. The molecule has 0 bridgehead atoms. The number of nitrogens with zero attached hydrogens (tertiary/aromatic N) is 1. The Labute approximate surface area is 99.0 Å². The van der Waals surface area contributed by atoms with Crippen molar-refractivity contribution in [2.45, 2.75) is 13.8 Å². The highest BCUT2D eigenvalue weighted by Gasteiger charge is 2.35. The molecule has 1 aliphatic heterocycles. The predicted molar refractivity (Wildman–Crippen MR) is 64.2 cm³/mol. The first-order valence-electron chi connectivity index (χ1n) is 5.22. The number of amides is 2. The van der Waals surface area contributed by atoms with E-state index < -0.39 is 0 Å². The second-order valence-corrected chi connectivity index (χ2v) is 5.10. The smallest absolute Gasteiger partial charge is 0.268 e. The van der Waals surface area contributed by atoms with E-state index in [9.17, 15) is 9.59 Å². The highest BCUT2D eigenvalue weighted by atomic mass is 32.2. The Hall–Kier alpha value is -1.29. The van der Waals surface area contributed by atoms with E-state index in [2.05, 4.69) is 13.8 Å². The van der Waals surface area contributed by atoms with Gasteiger partial charge in [0, 0.05) is 5.75 Å². The molecule has 1 heterocycles. The first-order chi connectivity index (χ1) is 7.61. The summed E-state index contributed by atoms with van der Waals surface area (Å²) in [5, 5.41) is 0. The fourth-order valence-electron chi connectivity index (χ4n) is 1.51. The summed E-state index contributed by atoms with van der Waals surface area (Å²) < 4.78 is 1.27. The van der Waals surface area contributed by atoms with Gasteiger partial charge in [0.1, 0.15) is 0 Å². The molecule has 0 atom stereocenters. The molecular formula is C12H13NO2S. The molecule has 1 aromatic rings. The SMILES string of the molecule is CC(C)CSN1C(=O)c2ccccc2C1=O. The van der Waals surface area contributed by atoms with Crippen molar-refractivity contribution in [1.29, 1.82) is 0 Å². The lowest BCUT2D eigenvalue weighted by Gasteiger charge is -2.13. The van der Waals surface area contributed by atoms with Crippen LogP contribution < -0.4 is 0 Å². The van der Waals surface area contributed by atoms with Gasteiger partial charge in [0.2, 0.25) is 0 Å². The Kier molecular flexibility index (Phi) is 3.01. The van der Waals surface area contributed by atoms with Crippen molar-refractivity contribution in [3.8, 4) is 0 Å². The van der Waals surface area contributed by atoms with Crippen molar-refractivity contribution in [2.24, 2.45) is 5.92 Å². The zero-order valence-corrected chi connectivity index (χ0v) is 10.1. The molecule has 0 aliphatic carbocycles. The molecule has 0 spiro atoms. The lowest BCUT2D eigenvalue weighted by molar-refractivity contribution is 0.0777. The molecule has 0 saturated carbocycles. The minimum absolute atomic E-state index is 0.189. The van der Waals surface area contributed by atoms with Gasteiger partial charge in [0.25, 0.3) is 11.8 Å². The molecule has 0 radical (unpaired) electrons. The number of benzene rings is 1. The molecule has 2 amide bonds. The zero-order valence-electron chi connectivity index (χ0n) is 9.27. The van der Waals surface area contributed by atoms with Crippen molar-refractivity contribution >= 4 is 23.8 Å². The summed E-state index contributed by atoms with van der Waals surface area (Å²) in [7, 11) is 0. The van der Waals surface area contributed by atoms with Crippen LogP contribution in [0.3, 0.4) is 0 Å². The van der Waals surface area contributed by atoms with Gasteiger partial charge in [-0.25, -0.2) is 4.31 Å². The van der Waals surface area contributed by atoms with Gasteiger partial charge in [0.05, 0.1) is 11.1 Å². The van der Waals surface area contributed by atoms with Gasteiger partial charge >= 0.3 is 0 Å². The molecule has 0 N–H and O–H groups in total. The van der Waals surface area contributed by atoms with Gasteiger partial charge in [-0.1, -0.05) is 26.0 Å². The van der Waals surface area contributed by atoms with Crippen LogP contribution in [0.25, 0.3) is 0 Å². The van der Waals surface area contributed by atoms with Crippen LogP contribution in [0.2, 0.25) is 0 Å². The quantitative estimate of drug-likeness (QED) is 0.597. The Morgan fingerprint density at radius 1 is 1.12 bits per heavy atom. The maximum Gasteiger partial charge on any atom is 0.271 e. The molecule has 84 valence electrons. The third-order valence-corrected chi connectivity index (χ3v) is 3.70. The molecular weight excluding hydrogens is 222 g/mol. The molecule has 0 saturated heterocycles. The molecule has 2 rings (SSSR count). The summed E-state index contributed by atoms with van der Waals surface area (Å²) in [6, 6.07) is 6.96.